The molecule has 1 atom stereocenters. The minimum atomic E-state index is -3.18. The SMILES string of the molecule is CCOC[C@@H]1CCS(=O)(=O)C12CN(C(=O)c1cocn1)C2. The number of hydrogen-bond donors (Lipinski definition) is 0. The van der Waals surface area contributed by atoms with Crippen molar-refractivity contribution in [3.8, 4) is 0 Å². The lowest BCUT2D eigenvalue weighted by atomic mass is 9.83. The second-order valence-electron chi connectivity index (χ2n) is 5.56. The lowest BCUT2D eigenvalue weighted by Gasteiger charge is -2.49. The molecular weight excluding hydrogens is 296 g/mol. The summed E-state index contributed by atoms with van der Waals surface area (Å²) < 4.78 is 34.1. The average molecular weight is 314 g/mol. The van der Waals surface area contributed by atoms with Gasteiger partial charge in [0.2, 0.25) is 0 Å². The Morgan fingerprint density at radius 3 is 2.95 bits per heavy atom. The maximum absolute atomic E-state index is 12.4. The van der Waals surface area contributed by atoms with Crippen LogP contribution in [0.3, 0.4) is 0 Å². The van der Waals surface area contributed by atoms with E-state index in [1.165, 1.54) is 17.6 Å². The molecule has 0 unspecified atom stereocenters. The monoisotopic (exact) mass is 314 g/mol. The Morgan fingerprint density at radius 1 is 1.57 bits per heavy atom. The molecule has 3 heterocycles. The Morgan fingerprint density at radius 2 is 2.33 bits per heavy atom. The van der Waals surface area contributed by atoms with Crippen molar-refractivity contribution in [1.82, 2.24) is 9.88 Å². The fourth-order valence-electron chi connectivity index (χ4n) is 3.19. The third kappa shape index (κ3) is 2.17. The van der Waals surface area contributed by atoms with Gasteiger partial charge in [-0.15, -0.1) is 0 Å². The fourth-order valence-corrected chi connectivity index (χ4v) is 5.59. The highest BCUT2D eigenvalue weighted by molar-refractivity contribution is 7.93. The van der Waals surface area contributed by atoms with Gasteiger partial charge in [0.25, 0.3) is 5.91 Å². The molecule has 0 bridgehead atoms. The largest absolute Gasteiger partial charge is 0.451 e. The van der Waals surface area contributed by atoms with Crippen LogP contribution in [-0.4, -0.2) is 61.0 Å². The maximum Gasteiger partial charge on any atom is 0.275 e. The van der Waals surface area contributed by atoms with Crippen LogP contribution in [0.4, 0.5) is 0 Å². The quantitative estimate of drug-likeness (QED) is 0.796. The predicted molar refractivity (Wildman–Crippen MR) is 73.5 cm³/mol. The van der Waals surface area contributed by atoms with E-state index in [1.54, 1.807) is 0 Å². The highest BCUT2D eigenvalue weighted by Crippen LogP contribution is 2.45. The fraction of sp³-hybridized carbons (Fsp3) is 0.692. The zero-order chi connectivity index (χ0) is 15.1. The molecule has 0 aliphatic carbocycles. The topological polar surface area (TPSA) is 89.7 Å². The van der Waals surface area contributed by atoms with Gasteiger partial charge in [0.1, 0.15) is 11.0 Å². The van der Waals surface area contributed by atoms with E-state index < -0.39 is 14.6 Å². The number of likely N-dealkylation sites (tertiary alicyclic amines) is 1. The molecule has 2 saturated heterocycles. The van der Waals surface area contributed by atoms with Gasteiger partial charge in [-0.3, -0.25) is 4.79 Å². The van der Waals surface area contributed by atoms with E-state index in [0.717, 1.165) is 0 Å². The van der Waals surface area contributed by atoms with Gasteiger partial charge >= 0.3 is 0 Å². The van der Waals surface area contributed by atoms with Gasteiger partial charge < -0.3 is 14.1 Å². The van der Waals surface area contributed by atoms with E-state index in [4.69, 9.17) is 9.15 Å². The lowest BCUT2D eigenvalue weighted by molar-refractivity contribution is 0.0267. The van der Waals surface area contributed by atoms with Crippen LogP contribution in [0.15, 0.2) is 17.1 Å². The Balaban J connectivity index is 1.74. The van der Waals surface area contributed by atoms with Gasteiger partial charge in [0.05, 0.1) is 12.4 Å². The van der Waals surface area contributed by atoms with Crippen molar-refractivity contribution in [2.75, 3.05) is 32.1 Å². The van der Waals surface area contributed by atoms with Crippen molar-refractivity contribution >= 4 is 15.7 Å². The summed E-state index contributed by atoms with van der Waals surface area (Å²) in [6.45, 7) is 3.32. The Labute approximate surface area is 123 Å². The molecule has 1 aromatic rings. The van der Waals surface area contributed by atoms with Crippen molar-refractivity contribution in [3.05, 3.63) is 18.4 Å². The summed E-state index contributed by atoms with van der Waals surface area (Å²) in [5.74, 6) is -0.146. The zero-order valence-electron chi connectivity index (χ0n) is 11.8. The molecule has 116 valence electrons. The maximum atomic E-state index is 12.4. The third-order valence-corrected chi connectivity index (χ3v) is 7.08. The van der Waals surface area contributed by atoms with E-state index in [1.807, 2.05) is 6.92 Å². The van der Waals surface area contributed by atoms with E-state index in [-0.39, 0.29) is 36.4 Å². The van der Waals surface area contributed by atoms with Gasteiger partial charge in [0.15, 0.2) is 21.9 Å². The van der Waals surface area contributed by atoms with Crippen molar-refractivity contribution in [2.24, 2.45) is 5.92 Å². The molecule has 1 spiro atoms. The summed E-state index contributed by atoms with van der Waals surface area (Å²) in [5, 5.41) is 0. The van der Waals surface area contributed by atoms with E-state index in [9.17, 15) is 13.2 Å². The van der Waals surface area contributed by atoms with Crippen molar-refractivity contribution in [3.63, 3.8) is 0 Å². The van der Waals surface area contributed by atoms with Gasteiger partial charge in [0, 0.05) is 25.6 Å². The van der Waals surface area contributed by atoms with Crippen molar-refractivity contribution in [1.29, 1.82) is 0 Å². The van der Waals surface area contributed by atoms with Crippen LogP contribution in [0, 0.1) is 5.92 Å². The second kappa shape index (κ2) is 5.10. The first-order valence-electron chi connectivity index (χ1n) is 6.97. The number of hydrogen-bond acceptors (Lipinski definition) is 6. The normalized spacial score (nSPS) is 26.0. The molecule has 1 aromatic heterocycles. The Hall–Kier alpha value is -1.41. The molecule has 21 heavy (non-hydrogen) atoms. The number of rotatable bonds is 4. The minimum Gasteiger partial charge on any atom is -0.451 e. The zero-order valence-corrected chi connectivity index (χ0v) is 12.6. The Kier molecular flexibility index (Phi) is 3.53. The molecule has 2 fully saturated rings. The van der Waals surface area contributed by atoms with Crippen LogP contribution in [0.25, 0.3) is 0 Å². The number of sulfone groups is 1. The number of ether oxygens (including phenoxy) is 1. The molecule has 2 aliphatic heterocycles. The first kappa shape index (κ1) is 14.5. The summed E-state index contributed by atoms with van der Waals surface area (Å²) in [6, 6.07) is 0. The molecule has 1 amide bonds. The average Bonchev–Trinajstić information content (AvgIpc) is 3.00. The van der Waals surface area contributed by atoms with E-state index in [2.05, 4.69) is 4.98 Å². The summed E-state index contributed by atoms with van der Waals surface area (Å²) in [4.78, 5) is 17.5. The van der Waals surface area contributed by atoms with Gasteiger partial charge in [-0.2, -0.15) is 0 Å². The highest BCUT2D eigenvalue weighted by Gasteiger charge is 2.62. The van der Waals surface area contributed by atoms with Crippen LogP contribution in [0.5, 0.6) is 0 Å². The summed E-state index contributed by atoms with van der Waals surface area (Å²) in [6.07, 6.45) is 3.06. The molecule has 0 aromatic carbocycles. The molecule has 0 radical (unpaired) electrons. The highest BCUT2D eigenvalue weighted by atomic mass is 32.2. The van der Waals surface area contributed by atoms with Crippen LogP contribution in [-0.2, 0) is 14.6 Å². The first-order chi connectivity index (χ1) is 10.00. The summed E-state index contributed by atoms with van der Waals surface area (Å²) >= 11 is 0. The standard InChI is InChI=1S/C13H18N2O5S/c1-2-19-5-10-3-4-21(17,18)13(10)7-15(8-13)12(16)11-6-20-9-14-11/h6,9-10H,2-5,7-8H2,1H3/t10-/m0/s1. The number of oxazole rings is 1. The van der Waals surface area contributed by atoms with Gasteiger partial charge in [-0.05, 0) is 13.3 Å². The number of nitrogens with zero attached hydrogens (tertiary/aromatic N) is 2. The second-order valence-corrected chi connectivity index (χ2v) is 8.01. The summed E-state index contributed by atoms with van der Waals surface area (Å²) in [5.41, 5.74) is 0.210. The number of amides is 1. The molecule has 3 rings (SSSR count). The Bertz CT molecular complexity index is 619. The molecule has 2 aliphatic rings. The minimum absolute atomic E-state index is 0.0381. The molecule has 0 saturated carbocycles. The van der Waals surface area contributed by atoms with Crippen LogP contribution in [0.2, 0.25) is 0 Å². The van der Waals surface area contributed by atoms with Crippen molar-refractivity contribution in [2.45, 2.75) is 18.1 Å². The smallest absolute Gasteiger partial charge is 0.275 e. The molecular formula is C13H18N2O5S. The van der Waals surface area contributed by atoms with Crippen LogP contribution in [0.1, 0.15) is 23.8 Å². The number of aromatic nitrogens is 1. The predicted octanol–water partition coefficient (Wildman–Crippen LogP) is 0.340. The van der Waals surface area contributed by atoms with Crippen molar-refractivity contribution < 1.29 is 22.4 Å². The van der Waals surface area contributed by atoms with Crippen LogP contribution < -0.4 is 0 Å². The number of carbonyl (C=O) groups excluding carboxylic acids is 1. The molecule has 0 N–H and O–H groups in total. The lowest BCUT2D eigenvalue weighted by Crippen LogP contribution is -2.68. The van der Waals surface area contributed by atoms with Gasteiger partial charge in [-0.1, -0.05) is 0 Å². The first-order valence-corrected chi connectivity index (χ1v) is 8.63. The molecule has 7 nitrogen and oxygen atoms in total. The van der Waals surface area contributed by atoms with Gasteiger partial charge in [-0.25, -0.2) is 13.4 Å². The third-order valence-electron chi connectivity index (χ3n) is 4.48. The number of carbonyl (C=O) groups is 1. The van der Waals surface area contributed by atoms with Crippen LogP contribution >= 0.6 is 0 Å². The summed E-state index contributed by atoms with van der Waals surface area (Å²) in [7, 11) is -3.18. The van der Waals surface area contributed by atoms with E-state index >= 15 is 0 Å². The van der Waals surface area contributed by atoms with E-state index in [0.29, 0.717) is 19.6 Å². The molecule has 8 heteroatoms.